The summed E-state index contributed by atoms with van der Waals surface area (Å²) in [5, 5.41) is 0. The van der Waals surface area contributed by atoms with Crippen molar-refractivity contribution in [2.45, 2.75) is 38.6 Å². The van der Waals surface area contributed by atoms with Crippen LogP contribution in [0.1, 0.15) is 49.8 Å². The van der Waals surface area contributed by atoms with Gasteiger partial charge in [-0.15, -0.1) is 0 Å². The van der Waals surface area contributed by atoms with E-state index < -0.39 is 0 Å². The van der Waals surface area contributed by atoms with Crippen molar-refractivity contribution in [2.75, 3.05) is 20.6 Å². The Kier molecular flexibility index (Phi) is 5.66. The van der Waals surface area contributed by atoms with Crippen LogP contribution in [0.15, 0.2) is 24.3 Å². The van der Waals surface area contributed by atoms with Crippen LogP contribution in [0.3, 0.4) is 0 Å². The van der Waals surface area contributed by atoms with Gasteiger partial charge in [0.25, 0.3) is 0 Å². The van der Waals surface area contributed by atoms with E-state index in [2.05, 4.69) is 57.1 Å². The first-order valence-electron chi connectivity index (χ1n) is 6.52. The van der Waals surface area contributed by atoms with E-state index in [1.54, 1.807) is 0 Å². The average Bonchev–Trinajstić information content (AvgIpc) is 2.29. The number of benzene rings is 1. The Morgan fingerprint density at radius 3 is 2.00 bits per heavy atom. The summed E-state index contributed by atoms with van der Waals surface area (Å²) < 4.78 is 0. The molecule has 0 aromatic heterocycles. The third-order valence-electron chi connectivity index (χ3n) is 3.29. The largest absolute Gasteiger partial charge is 0.330 e. The van der Waals surface area contributed by atoms with E-state index in [0.29, 0.717) is 12.0 Å². The highest BCUT2D eigenvalue weighted by Gasteiger charge is 2.13. The van der Waals surface area contributed by atoms with E-state index >= 15 is 0 Å². The van der Waals surface area contributed by atoms with Gasteiger partial charge in [0.05, 0.1) is 0 Å². The lowest BCUT2D eigenvalue weighted by atomic mass is 9.96. The quantitative estimate of drug-likeness (QED) is 0.819. The Hall–Kier alpha value is -0.860. The summed E-state index contributed by atoms with van der Waals surface area (Å²) in [5.41, 5.74) is 8.40. The first-order chi connectivity index (χ1) is 8.06. The third kappa shape index (κ3) is 4.14. The van der Waals surface area contributed by atoms with Crippen LogP contribution in [-0.4, -0.2) is 25.5 Å². The van der Waals surface area contributed by atoms with Crippen LogP contribution in [0, 0.1) is 0 Å². The molecule has 0 aliphatic heterocycles. The van der Waals surface area contributed by atoms with Gasteiger partial charge in [0.2, 0.25) is 0 Å². The van der Waals surface area contributed by atoms with Crippen LogP contribution < -0.4 is 5.73 Å². The maximum Gasteiger partial charge on any atom is 0.0342 e. The molecule has 1 aromatic rings. The maximum absolute atomic E-state index is 5.60. The molecule has 17 heavy (non-hydrogen) atoms. The lowest BCUT2D eigenvalue weighted by Crippen LogP contribution is -2.20. The van der Waals surface area contributed by atoms with Crippen molar-refractivity contribution in [2.24, 2.45) is 5.73 Å². The third-order valence-corrected chi connectivity index (χ3v) is 3.29. The highest BCUT2D eigenvalue weighted by molar-refractivity contribution is 5.26. The molecule has 0 saturated heterocycles. The van der Waals surface area contributed by atoms with Crippen LogP contribution >= 0.6 is 0 Å². The van der Waals surface area contributed by atoms with Gasteiger partial charge >= 0.3 is 0 Å². The molecule has 0 heterocycles. The summed E-state index contributed by atoms with van der Waals surface area (Å²) in [5.74, 6) is 0.603. The molecule has 0 amide bonds. The van der Waals surface area contributed by atoms with Crippen LogP contribution in [0.25, 0.3) is 0 Å². The van der Waals surface area contributed by atoms with Gasteiger partial charge < -0.3 is 10.6 Å². The van der Waals surface area contributed by atoms with Gasteiger partial charge in [-0.2, -0.15) is 0 Å². The first kappa shape index (κ1) is 14.2. The van der Waals surface area contributed by atoms with Gasteiger partial charge in [-0.25, -0.2) is 0 Å². The molecule has 96 valence electrons. The van der Waals surface area contributed by atoms with Crippen LogP contribution in [0.5, 0.6) is 0 Å². The van der Waals surface area contributed by atoms with E-state index in [9.17, 15) is 0 Å². The van der Waals surface area contributed by atoms with Gasteiger partial charge in [0.15, 0.2) is 0 Å². The molecule has 0 radical (unpaired) electrons. The molecular formula is C15H26N2. The van der Waals surface area contributed by atoms with Gasteiger partial charge in [0, 0.05) is 6.04 Å². The number of rotatable bonds is 6. The lowest BCUT2D eigenvalue weighted by Gasteiger charge is -2.25. The Bertz CT molecular complexity index is 314. The van der Waals surface area contributed by atoms with Gasteiger partial charge in [-0.1, -0.05) is 38.1 Å². The maximum atomic E-state index is 5.60. The standard InChI is InChI=1S/C15H26N2/c1-12(2)13-7-9-14(10-8-13)15(17(3)4)6-5-11-16/h7-10,12,15H,5-6,11,16H2,1-4H3. The average molecular weight is 234 g/mol. The Labute approximate surface area is 106 Å². The molecule has 2 heteroatoms. The molecule has 0 saturated carbocycles. The number of nitrogens with two attached hydrogens (primary N) is 1. The van der Waals surface area contributed by atoms with Gasteiger partial charge in [-0.3, -0.25) is 0 Å². The van der Waals surface area contributed by atoms with Crippen molar-refractivity contribution >= 4 is 0 Å². The normalized spacial score (nSPS) is 13.4. The summed E-state index contributed by atoms with van der Waals surface area (Å²) in [6.07, 6.45) is 2.21. The highest BCUT2D eigenvalue weighted by atomic mass is 15.1. The molecular weight excluding hydrogens is 208 g/mol. The van der Waals surface area contributed by atoms with Crippen LogP contribution in [0.4, 0.5) is 0 Å². The van der Waals surface area contributed by atoms with E-state index in [1.165, 1.54) is 11.1 Å². The van der Waals surface area contributed by atoms with E-state index in [4.69, 9.17) is 5.73 Å². The SMILES string of the molecule is CC(C)c1ccc(C(CCCN)N(C)C)cc1. The molecule has 2 nitrogen and oxygen atoms in total. The van der Waals surface area contributed by atoms with E-state index in [0.717, 1.165) is 19.4 Å². The predicted octanol–water partition coefficient (Wildman–Crippen LogP) is 3.15. The number of hydrogen-bond donors (Lipinski definition) is 1. The molecule has 1 rings (SSSR count). The molecule has 1 aromatic carbocycles. The first-order valence-corrected chi connectivity index (χ1v) is 6.52. The molecule has 2 N–H and O–H groups in total. The fourth-order valence-corrected chi connectivity index (χ4v) is 2.14. The van der Waals surface area contributed by atoms with Crippen molar-refractivity contribution in [3.05, 3.63) is 35.4 Å². The zero-order chi connectivity index (χ0) is 12.8. The van der Waals surface area contributed by atoms with E-state index in [-0.39, 0.29) is 0 Å². The van der Waals surface area contributed by atoms with Gasteiger partial charge in [0.1, 0.15) is 0 Å². The Morgan fingerprint density at radius 2 is 1.59 bits per heavy atom. The molecule has 0 spiro atoms. The van der Waals surface area contributed by atoms with Crippen molar-refractivity contribution in [1.82, 2.24) is 4.90 Å². The summed E-state index contributed by atoms with van der Waals surface area (Å²) in [7, 11) is 4.27. The van der Waals surface area contributed by atoms with Gasteiger partial charge in [-0.05, 0) is 50.5 Å². The lowest BCUT2D eigenvalue weighted by molar-refractivity contribution is 0.280. The second-order valence-corrected chi connectivity index (χ2v) is 5.23. The van der Waals surface area contributed by atoms with Crippen molar-refractivity contribution < 1.29 is 0 Å². The van der Waals surface area contributed by atoms with Crippen molar-refractivity contribution in [1.29, 1.82) is 0 Å². The summed E-state index contributed by atoms with van der Waals surface area (Å²) in [6.45, 7) is 5.23. The minimum atomic E-state index is 0.486. The molecule has 0 bridgehead atoms. The minimum Gasteiger partial charge on any atom is -0.330 e. The highest BCUT2D eigenvalue weighted by Crippen LogP contribution is 2.25. The summed E-state index contributed by atoms with van der Waals surface area (Å²) >= 11 is 0. The van der Waals surface area contributed by atoms with Crippen molar-refractivity contribution in [3.8, 4) is 0 Å². The minimum absolute atomic E-state index is 0.486. The molecule has 1 atom stereocenters. The predicted molar refractivity (Wildman–Crippen MR) is 75.2 cm³/mol. The monoisotopic (exact) mass is 234 g/mol. The fraction of sp³-hybridized carbons (Fsp3) is 0.600. The number of nitrogens with zero attached hydrogens (tertiary/aromatic N) is 1. The second-order valence-electron chi connectivity index (χ2n) is 5.23. The number of hydrogen-bond acceptors (Lipinski definition) is 2. The Balaban J connectivity index is 2.80. The molecule has 0 aliphatic rings. The molecule has 0 fully saturated rings. The van der Waals surface area contributed by atoms with Crippen LogP contribution in [-0.2, 0) is 0 Å². The van der Waals surface area contributed by atoms with Crippen LogP contribution in [0.2, 0.25) is 0 Å². The second kappa shape index (κ2) is 6.77. The topological polar surface area (TPSA) is 29.3 Å². The Morgan fingerprint density at radius 1 is 1.06 bits per heavy atom. The summed E-state index contributed by atoms with van der Waals surface area (Å²) in [4.78, 5) is 2.28. The van der Waals surface area contributed by atoms with Crippen molar-refractivity contribution in [3.63, 3.8) is 0 Å². The smallest absolute Gasteiger partial charge is 0.0342 e. The fourth-order valence-electron chi connectivity index (χ4n) is 2.14. The zero-order valence-corrected chi connectivity index (χ0v) is 11.6. The van der Waals surface area contributed by atoms with E-state index in [1.807, 2.05) is 0 Å². The molecule has 1 unspecified atom stereocenters. The molecule has 0 aliphatic carbocycles. The zero-order valence-electron chi connectivity index (χ0n) is 11.6. The summed E-state index contributed by atoms with van der Waals surface area (Å²) in [6, 6.07) is 9.50.